The van der Waals surface area contributed by atoms with Crippen LogP contribution in [-0.4, -0.2) is 32.1 Å². The molecule has 0 aliphatic rings. The fourth-order valence-corrected chi connectivity index (χ4v) is 2.03. The molecule has 0 atom stereocenters. The van der Waals surface area contributed by atoms with E-state index in [-0.39, 0.29) is 24.5 Å². The fraction of sp³-hybridized carbons (Fsp3) is 0.125. The van der Waals surface area contributed by atoms with E-state index >= 15 is 0 Å². The number of ether oxygens (including phenoxy) is 1. The molecule has 7 nitrogen and oxygen atoms in total. The van der Waals surface area contributed by atoms with E-state index in [1.807, 2.05) is 0 Å². The summed E-state index contributed by atoms with van der Waals surface area (Å²) in [6.45, 7) is 0.00810. The molecule has 1 amide bonds. The quantitative estimate of drug-likeness (QED) is 0.718. The molecule has 0 radical (unpaired) electrons. The van der Waals surface area contributed by atoms with E-state index in [9.17, 15) is 9.18 Å². The summed E-state index contributed by atoms with van der Waals surface area (Å²) < 4.78 is 20.1. The van der Waals surface area contributed by atoms with Gasteiger partial charge in [0.05, 0.1) is 12.1 Å². The average molecular weight is 325 g/mol. The topological polar surface area (TPSA) is 81.4 Å². The highest BCUT2D eigenvalue weighted by atomic mass is 19.1. The van der Waals surface area contributed by atoms with Gasteiger partial charge in [-0.2, -0.15) is 4.98 Å². The Bertz CT molecular complexity index is 899. The van der Waals surface area contributed by atoms with Crippen molar-refractivity contribution in [3.8, 4) is 18.1 Å². The Morgan fingerprint density at radius 1 is 1.46 bits per heavy atom. The van der Waals surface area contributed by atoms with Gasteiger partial charge >= 0.3 is 0 Å². The van der Waals surface area contributed by atoms with Gasteiger partial charge in [-0.15, -0.1) is 11.5 Å². The molecule has 0 aliphatic carbocycles. The van der Waals surface area contributed by atoms with Gasteiger partial charge in [-0.3, -0.25) is 4.79 Å². The molecule has 0 saturated carbocycles. The maximum absolute atomic E-state index is 13.4. The summed E-state index contributed by atoms with van der Waals surface area (Å²) in [5, 5.41) is 6.71. The van der Waals surface area contributed by atoms with Crippen LogP contribution in [0.3, 0.4) is 0 Å². The normalized spacial score (nSPS) is 10.3. The molecule has 0 fully saturated rings. The summed E-state index contributed by atoms with van der Waals surface area (Å²) in [6.07, 6.45) is 8.30. The molecule has 0 aliphatic heterocycles. The number of benzene rings is 1. The number of aromatic nitrogens is 4. The molecule has 24 heavy (non-hydrogen) atoms. The second-order valence-electron chi connectivity index (χ2n) is 4.75. The van der Waals surface area contributed by atoms with Crippen LogP contribution in [0.4, 0.5) is 10.1 Å². The second-order valence-corrected chi connectivity index (χ2v) is 4.75. The van der Waals surface area contributed by atoms with Crippen LogP contribution in [0, 0.1) is 18.2 Å². The van der Waals surface area contributed by atoms with Crippen molar-refractivity contribution >= 4 is 17.4 Å². The molecular weight excluding hydrogens is 313 g/mol. The number of rotatable bonds is 5. The van der Waals surface area contributed by atoms with Crippen molar-refractivity contribution in [2.24, 2.45) is 0 Å². The summed E-state index contributed by atoms with van der Waals surface area (Å²) in [6, 6.07) is 5.47. The lowest BCUT2D eigenvalue weighted by atomic mass is 10.2. The molecule has 0 unspecified atom stereocenters. The third-order valence-electron chi connectivity index (χ3n) is 3.01. The molecule has 0 bridgehead atoms. The molecular formula is C16H12FN5O2. The lowest BCUT2D eigenvalue weighted by Crippen LogP contribution is -2.16. The third-order valence-corrected chi connectivity index (χ3v) is 3.01. The van der Waals surface area contributed by atoms with Crippen LogP contribution < -0.4 is 10.1 Å². The summed E-state index contributed by atoms with van der Waals surface area (Å²) in [5.41, 5.74) is 0.192. The number of nitrogens with zero attached hydrogens (tertiary/aromatic N) is 4. The number of nitrogens with one attached hydrogen (secondary N) is 1. The Kier molecular flexibility index (Phi) is 4.34. The number of anilines is 1. The molecule has 2 aromatic heterocycles. The van der Waals surface area contributed by atoms with E-state index in [0.29, 0.717) is 11.6 Å². The van der Waals surface area contributed by atoms with Crippen LogP contribution in [0.1, 0.15) is 5.82 Å². The van der Waals surface area contributed by atoms with Gasteiger partial charge in [0.15, 0.2) is 5.82 Å². The zero-order valence-corrected chi connectivity index (χ0v) is 12.4. The van der Waals surface area contributed by atoms with Crippen molar-refractivity contribution in [2.75, 3.05) is 11.9 Å². The summed E-state index contributed by atoms with van der Waals surface area (Å²) in [5.74, 6) is 2.36. The van der Waals surface area contributed by atoms with Gasteiger partial charge in [-0.1, -0.05) is 5.92 Å². The van der Waals surface area contributed by atoms with Crippen molar-refractivity contribution in [1.29, 1.82) is 0 Å². The smallest absolute Gasteiger partial charge is 0.252 e. The van der Waals surface area contributed by atoms with Gasteiger partial charge in [0.25, 0.3) is 5.78 Å². The highest BCUT2D eigenvalue weighted by Crippen LogP contribution is 2.25. The first-order valence-corrected chi connectivity index (χ1v) is 6.97. The van der Waals surface area contributed by atoms with Crippen molar-refractivity contribution in [2.45, 2.75) is 6.42 Å². The average Bonchev–Trinajstić information content (AvgIpc) is 2.96. The van der Waals surface area contributed by atoms with Crippen LogP contribution in [0.25, 0.3) is 5.78 Å². The van der Waals surface area contributed by atoms with Gasteiger partial charge < -0.3 is 10.1 Å². The van der Waals surface area contributed by atoms with E-state index in [4.69, 9.17) is 11.2 Å². The van der Waals surface area contributed by atoms with Crippen LogP contribution >= 0.6 is 0 Å². The van der Waals surface area contributed by atoms with E-state index < -0.39 is 11.7 Å². The number of amides is 1. The first kappa shape index (κ1) is 15.4. The van der Waals surface area contributed by atoms with Crippen molar-refractivity contribution in [3.05, 3.63) is 48.3 Å². The zero-order valence-electron chi connectivity index (χ0n) is 12.4. The summed E-state index contributed by atoms with van der Waals surface area (Å²) in [7, 11) is 0. The highest BCUT2D eigenvalue weighted by Gasteiger charge is 2.13. The molecule has 3 aromatic rings. The van der Waals surface area contributed by atoms with Crippen LogP contribution in [0.2, 0.25) is 0 Å². The minimum atomic E-state index is -0.506. The predicted octanol–water partition coefficient (Wildman–Crippen LogP) is 1.46. The molecule has 1 N–H and O–H groups in total. The Balaban J connectivity index is 1.74. The SMILES string of the molecule is C#CCOc1ccc(F)cc1NC(=O)Cc1nc2ncccn2n1. The number of hydrogen-bond acceptors (Lipinski definition) is 5. The van der Waals surface area contributed by atoms with E-state index in [1.165, 1.54) is 16.6 Å². The van der Waals surface area contributed by atoms with Gasteiger partial charge in [-0.25, -0.2) is 13.9 Å². The first-order valence-electron chi connectivity index (χ1n) is 6.97. The number of carbonyl (C=O) groups is 1. The first-order chi connectivity index (χ1) is 11.7. The molecule has 1 aromatic carbocycles. The van der Waals surface area contributed by atoms with Crippen molar-refractivity contribution in [1.82, 2.24) is 19.6 Å². The van der Waals surface area contributed by atoms with Crippen molar-refractivity contribution in [3.63, 3.8) is 0 Å². The molecule has 8 heteroatoms. The Morgan fingerprint density at radius 3 is 3.12 bits per heavy atom. The largest absolute Gasteiger partial charge is 0.479 e. The maximum atomic E-state index is 13.4. The van der Waals surface area contributed by atoms with Crippen molar-refractivity contribution < 1.29 is 13.9 Å². The number of fused-ring (bicyclic) bond motifs is 1. The Morgan fingerprint density at radius 2 is 2.33 bits per heavy atom. The van der Waals surface area contributed by atoms with Gasteiger partial charge in [0.1, 0.15) is 18.2 Å². The number of halogens is 1. The third kappa shape index (κ3) is 3.47. The number of carbonyl (C=O) groups excluding carboxylic acids is 1. The monoisotopic (exact) mass is 325 g/mol. The van der Waals surface area contributed by atoms with E-state index in [1.54, 1.807) is 18.5 Å². The number of terminal acetylenes is 1. The second kappa shape index (κ2) is 6.75. The molecule has 0 spiro atoms. The Hall–Kier alpha value is -3.47. The molecule has 2 heterocycles. The van der Waals surface area contributed by atoms with Gasteiger partial charge in [0, 0.05) is 18.5 Å². The lowest BCUT2D eigenvalue weighted by Gasteiger charge is -2.10. The lowest BCUT2D eigenvalue weighted by molar-refractivity contribution is -0.115. The van der Waals surface area contributed by atoms with E-state index in [2.05, 4.69) is 26.3 Å². The Labute approximate surface area is 136 Å². The van der Waals surface area contributed by atoms with Gasteiger partial charge in [-0.05, 0) is 18.2 Å². The highest BCUT2D eigenvalue weighted by molar-refractivity contribution is 5.93. The zero-order chi connectivity index (χ0) is 16.9. The minimum Gasteiger partial charge on any atom is -0.479 e. The van der Waals surface area contributed by atoms with Crippen LogP contribution in [0.5, 0.6) is 5.75 Å². The predicted molar refractivity (Wildman–Crippen MR) is 83.8 cm³/mol. The van der Waals surface area contributed by atoms with Gasteiger partial charge in [0.2, 0.25) is 5.91 Å². The minimum absolute atomic E-state index is 0.00810. The molecule has 120 valence electrons. The molecule has 0 saturated heterocycles. The van der Waals surface area contributed by atoms with E-state index in [0.717, 1.165) is 6.07 Å². The van der Waals surface area contributed by atoms with Crippen LogP contribution in [-0.2, 0) is 11.2 Å². The number of hydrogen-bond donors (Lipinski definition) is 1. The summed E-state index contributed by atoms with van der Waals surface area (Å²) in [4.78, 5) is 20.3. The fourth-order valence-electron chi connectivity index (χ4n) is 2.03. The summed E-state index contributed by atoms with van der Waals surface area (Å²) >= 11 is 0. The van der Waals surface area contributed by atoms with Crippen LogP contribution in [0.15, 0.2) is 36.7 Å². The molecule has 3 rings (SSSR count). The standard InChI is InChI=1S/C16H12FN5O2/c1-2-8-24-13-5-4-11(17)9-12(13)19-15(23)10-14-20-16-18-6-3-7-22(16)21-14/h1,3-7,9H,8,10H2,(H,19,23). The maximum Gasteiger partial charge on any atom is 0.252 e.